The van der Waals surface area contributed by atoms with E-state index < -0.39 is 10.8 Å². The van der Waals surface area contributed by atoms with Crippen molar-refractivity contribution in [3.05, 3.63) is 30.1 Å². The lowest BCUT2D eigenvalue weighted by molar-refractivity contribution is -0.136. The van der Waals surface area contributed by atoms with Gasteiger partial charge < -0.3 is 5.11 Å². The molecule has 0 aliphatic rings. The zero-order valence-corrected chi connectivity index (χ0v) is 9.27. The monoisotopic (exact) mass is 257 g/mol. The second kappa shape index (κ2) is 5.75. The molecule has 0 fully saturated rings. The number of nitrogens with zero attached hydrogens (tertiary/aromatic N) is 1. The van der Waals surface area contributed by atoms with Crippen molar-refractivity contribution in [2.45, 2.75) is 24.1 Å². The third kappa shape index (κ3) is 3.87. The van der Waals surface area contributed by atoms with Crippen LogP contribution in [0.3, 0.4) is 0 Å². The van der Waals surface area contributed by atoms with E-state index in [1.165, 1.54) is 0 Å². The van der Waals surface area contributed by atoms with E-state index in [1.54, 1.807) is 6.20 Å². The van der Waals surface area contributed by atoms with Crippen LogP contribution in [0.1, 0.15) is 18.4 Å². The number of halogens is 1. The molecule has 1 heterocycles. The number of carboxylic acids is 1. The summed E-state index contributed by atoms with van der Waals surface area (Å²) in [5, 5.41) is 8.62. The molecular formula is C10H12BrNO2. The number of aryl methyl sites for hydroxylation is 1. The van der Waals surface area contributed by atoms with Crippen LogP contribution in [0.2, 0.25) is 0 Å². The van der Waals surface area contributed by atoms with Gasteiger partial charge in [-0.15, -0.1) is 0 Å². The fourth-order valence-electron chi connectivity index (χ4n) is 1.15. The number of rotatable bonds is 5. The molecule has 1 rings (SSSR count). The molecule has 0 aromatic carbocycles. The molecule has 0 saturated heterocycles. The van der Waals surface area contributed by atoms with Crippen LogP contribution >= 0.6 is 15.9 Å². The summed E-state index contributed by atoms with van der Waals surface area (Å²) < 4.78 is 0. The van der Waals surface area contributed by atoms with Gasteiger partial charge in [-0.3, -0.25) is 9.78 Å². The van der Waals surface area contributed by atoms with Crippen molar-refractivity contribution in [1.82, 2.24) is 4.98 Å². The molecule has 0 bridgehead atoms. The SMILES string of the molecule is O=C(O)C(Br)CCCc1cccnc1. The number of carbonyl (C=O) groups is 1. The Balaban J connectivity index is 2.26. The van der Waals surface area contributed by atoms with Crippen molar-refractivity contribution in [3.63, 3.8) is 0 Å². The first-order valence-electron chi connectivity index (χ1n) is 4.46. The third-order valence-corrected chi connectivity index (χ3v) is 2.76. The van der Waals surface area contributed by atoms with Crippen LogP contribution in [0.5, 0.6) is 0 Å². The van der Waals surface area contributed by atoms with Crippen LogP contribution in [0.15, 0.2) is 24.5 Å². The van der Waals surface area contributed by atoms with Gasteiger partial charge in [0.15, 0.2) is 0 Å². The maximum absolute atomic E-state index is 10.5. The highest BCUT2D eigenvalue weighted by Gasteiger charge is 2.11. The molecule has 1 atom stereocenters. The van der Waals surface area contributed by atoms with Crippen molar-refractivity contribution < 1.29 is 9.90 Å². The van der Waals surface area contributed by atoms with E-state index in [-0.39, 0.29) is 0 Å². The van der Waals surface area contributed by atoms with Gasteiger partial charge in [-0.05, 0) is 30.9 Å². The summed E-state index contributed by atoms with van der Waals surface area (Å²) in [6.07, 6.45) is 5.92. The Labute approximate surface area is 91.3 Å². The highest BCUT2D eigenvalue weighted by molar-refractivity contribution is 9.10. The van der Waals surface area contributed by atoms with Gasteiger partial charge in [-0.1, -0.05) is 22.0 Å². The zero-order valence-electron chi connectivity index (χ0n) is 7.69. The molecule has 14 heavy (non-hydrogen) atoms. The summed E-state index contributed by atoms with van der Waals surface area (Å²) in [7, 11) is 0. The first-order valence-corrected chi connectivity index (χ1v) is 5.37. The summed E-state index contributed by atoms with van der Waals surface area (Å²) in [6.45, 7) is 0. The second-order valence-corrected chi connectivity index (χ2v) is 4.16. The van der Waals surface area contributed by atoms with Gasteiger partial charge >= 0.3 is 5.97 Å². The van der Waals surface area contributed by atoms with E-state index in [1.807, 2.05) is 18.3 Å². The minimum Gasteiger partial charge on any atom is -0.480 e. The van der Waals surface area contributed by atoms with Crippen LogP contribution < -0.4 is 0 Å². The third-order valence-electron chi connectivity index (χ3n) is 1.91. The standard InChI is InChI=1S/C10H12BrNO2/c11-9(10(13)14)5-1-3-8-4-2-6-12-7-8/h2,4,6-7,9H,1,3,5H2,(H,13,14). The van der Waals surface area contributed by atoms with Crippen LogP contribution in [-0.4, -0.2) is 20.9 Å². The van der Waals surface area contributed by atoms with Crippen LogP contribution in [0.25, 0.3) is 0 Å². The number of hydrogen-bond acceptors (Lipinski definition) is 2. The predicted molar refractivity (Wildman–Crippen MR) is 57.5 cm³/mol. The van der Waals surface area contributed by atoms with Gasteiger partial charge in [0.1, 0.15) is 4.83 Å². The van der Waals surface area contributed by atoms with Gasteiger partial charge in [0.2, 0.25) is 0 Å². The summed E-state index contributed by atoms with van der Waals surface area (Å²) in [5.74, 6) is -0.795. The van der Waals surface area contributed by atoms with E-state index >= 15 is 0 Å². The molecule has 4 heteroatoms. The second-order valence-electron chi connectivity index (χ2n) is 3.06. The minimum atomic E-state index is -0.795. The maximum Gasteiger partial charge on any atom is 0.317 e. The van der Waals surface area contributed by atoms with Gasteiger partial charge in [0, 0.05) is 12.4 Å². The summed E-state index contributed by atoms with van der Waals surface area (Å²) in [4.78, 5) is 14.0. The van der Waals surface area contributed by atoms with Crippen LogP contribution in [-0.2, 0) is 11.2 Å². The molecule has 3 nitrogen and oxygen atoms in total. The van der Waals surface area contributed by atoms with Crippen molar-refractivity contribution in [2.75, 3.05) is 0 Å². The molecule has 76 valence electrons. The average Bonchev–Trinajstić information content (AvgIpc) is 2.19. The van der Waals surface area contributed by atoms with Crippen molar-refractivity contribution in [3.8, 4) is 0 Å². The summed E-state index contributed by atoms with van der Waals surface area (Å²) in [6, 6.07) is 3.88. The largest absolute Gasteiger partial charge is 0.480 e. The predicted octanol–water partition coefficient (Wildman–Crippen LogP) is 2.25. The Hall–Kier alpha value is -0.900. The lowest BCUT2D eigenvalue weighted by Crippen LogP contribution is -2.12. The molecule has 1 aromatic rings. The lowest BCUT2D eigenvalue weighted by Gasteiger charge is -2.03. The molecule has 0 amide bonds. The Morgan fingerprint density at radius 3 is 3.00 bits per heavy atom. The van der Waals surface area contributed by atoms with Crippen molar-refractivity contribution in [1.29, 1.82) is 0 Å². The summed E-state index contributed by atoms with van der Waals surface area (Å²) >= 11 is 3.10. The number of alkyl halides is 1. The van der Waals surface area contributed by atoms with Crippen molar-refractivity contribution in [2.24, 2.45) is 0 Å². The molecular weight excluding hydrogens is 246 g/mol. The molecule has 1 unspecified atom stereocenters. The number of carboxylic acid groups (broad SMARTS) is 1. The fourth-order valence-corrected chi connectivity index (χ4v) is 1.48. The number of aromatic nitrogens is 1. The Morgan fingerprint density at radius 2 is 2.43 bits per heavy atom. The van der Waals surface area contributed by atoms with Crippen molar-refractivity contribution >= 4 is 21.9 Å². The number of hydrogen-bond donors (Lipinski definition) is 1. The number of pyridine rings is 1. The summed E-state index contributed by atoms with van der Waals surface area (Å²) in [5.41, 5.74) is 1.15. The van der Waals surface area contributed by atoms with Crippen LogP contribution in [0.4, 0.5) is 0 Å². The first kappa shape index (κ1) is 11.2. The first-order chi connectivity index (χ1) is 6.70. The van der Waals surface area contributed by atoms with E-state index in [0.29, 0.717) is 6.42 Å². The minimum absolute atomic E-state index is 0.431. The maximum atomic E-state index is 10.5. The molecule has 0 radical (unpaired) electrons. The topological polar surface area (TPSA) is 50.2 Å². The Kier molecular flexibility index (Phi) is 4.59. The molecule has 0 saturated carbocycles. The molecule has 1 N–H and O–H groups in total. The highest BCUT2D eigenvalue weighted by Crippen LogP contribution is 2.11. The highest BCUT2D eigenvalue weighted by atomic mass is 79.9. The fraction of sp³-hybridized carbons (Fsp3) is 0.400. The molecule has 0 spiro atoms. The van der Waals surface area contributed by atoms with Gasteiger partial charge in [-0.2, -0.15) is 0 Å². The normalized spacial score (nSPS) is 12.4. The number of aliphatic carboxylic acids is 1. The van der Waals surface area contributed by atoms with E-state index in [0.717, 1.165) is 18.4 Å². The van der Waals surface area contributed by atoms with Crippen LogP contribution in [0, 0.1) is 0 Å². The Morgan fingerprint density at radius 1 is 1.64 bits per heavy atom. The van der Waals surface area contributed by atoms with Gasteiger partial charge in [-0.25, -0.2) is 0 Å². The van der Waals surface area contributed by atoms with E-state index in [9.17, 15) is 4.79 Å². The Bertz CT molecular complexity index is 289. The smallest absolute Gasteiger partial charge is 0.317 e. The quantitative estimate of drug-likeness (QED) is 0.824. The van der Waals surface area contributed by atoms with E-state index in [2.05, 4.69) is 20.9 Å². The molecule has 0 aliphatic heterocycles. The van der Waals surface area contributed by atoms with Gasteiger partial charge in [0.05, 0.1) is 0 Å². The molecule has 1 aromatic heterocycles. The average molecular weight is 258 g/mol. The lowest BCUT2D eigenvalue weighted by atomic mass is 10.1. The zero-order chi connectivity index (χ0) is 10.4. The molecule has 0 aliphatic carbocycles. The van der Waals surface area contributed by atoms with E-state index in [4.69, 9.17) is 5.11 Å². The van der Waals surface area contributed by atoms with Gasteiger partial charge in [0.25, 0.3) is 0 Å².